The minimum absolute atomic E-state index is 0.0762. The number of aromatic hydroxyl groups is 1. The van der Waals surface area contributed by atoms with Crippen molar-refractivity contribution in [2.24, 2.45) is 5.73 Å². The van der Waals surface area contributed by atoms with Crippen LogP contribution in [-0.4, -0.2) is 57.2 Å². The number of aliphatic carboxylic acids is 2. The van der Waals surface area contributed by atoms with Crippen molar-refractivity contribution >= 4 is 23.8 Å². The maximum absolute atomic E-state index is 12.9. The summed E-state index contributed by atoms with van der Waals surface area (Å²) in [5.74, 6) is -3.87. The molecule has 7 N–H and O–H groups in total. The molecule has 10 heteroatoms. The van der Waals surface area contributed by atoms with Crippen molar-refractivity contribution in [3.05, 3.63) is 65.7 Å². The standard InChI is InChI=1S/C23H27N3O7/c24-17(12-15-6-8-16(27)9-7-15)21(30)26-19(13-14-4-2-1-3-5-14)22(31)25-18(23(32)33)10-11-20(28)29/h1-9,17-19,27H,10-13,24H2,(H,25,31)(H,26,30)(H,28,29)(H,32,33)/t17-,18-,19-/m0/s1. The Balaban J connectivity index is 2.12. The normalized spacial score (nSPS) is 13.4. The molecular formula is C23H27N3O7. The molecule has 2 rings (SSSR count). The first-order chi connectivity index (χ1) is 15.7. The first-order valence-electron chi connectivity index (χ1n) is 10.3. The fourth-order valence-electron chi connectivity index (χ4n) is 3.11. The molecule has 10 nitrogen and oxygen atoms in total. The number of benzene rings is 2. The number of hydrogen-bond acceptors (Lipinski definition) is 6. The number of nitrogens with one attached hydrogen (secondary N) is 2. The van der Waals surface area contributed by atoms with Crippen molar-refractivity contribution in [2.75, 3.05) is 0 Å². The zero-order chi connectivity index (χ0) is 24.4. The SMILES string of the molecule is N[C@@H](Cc1ccc(O)cc1)C(=O)N[C@@H](Cc1ccccc1)C(=O)N[C@@H](CCC(=O)O)C(=O)O. The minimum atomic E-state index is -1.42. The molecule has 0 spiro atoms. The number of nitrogens with two attached hydrogens (primary N) is 1. The molecule has 2 amide bonds. The van der Waals surface area contributed by atoms with Gasteiger partial charge < -0.3 is 31.7 Å². The van der Waals surface area contributed by atoms with Gasteiger partial charge in [0.1, 0.15) is 17.8 Å². The maximum atomic E-state index is 12.9. The Morgan fingerprint density at radius 3 is 1.94 bits per heavy atom. The van der Waals surface area contributed by atoms with E-state index in [1.54, 1.807) is 42.5 Å². The van der Waals surface area contributed by atoms with Crippen LogP contribution in [0.5, 0.6) is 5.75 Å². The lowest BCUT2D eigenvalue weighted by atomic mass is 10.0. The summed E-state index contributed by atoms with van der Waals surface area (Å²) in [6.07, 6.45) is -0.509. The van der Waals surface area contributed by atoms with Gasteiger partial charge in [-0.25, -0.2) is 4.79 Å². The minimum Gasteiger partial charge on any atom is -0.508 e. The van der Waals surface area contributed by atoms with Crippen LogP contribution >= 0.6 is 0 Å². The lowest BCUT2D eigenvalue weighted by Gasteiger charge is -2.23. The highest BCUT2D eigenvalue weighted by Crippen LogP contribution is 2.11. The van der Waals surface area contributed by atoms with Gasteiger partial charge in [-0.15, -0.1) is 0 Å². The number of carboxylic acids is 2. The summed E-state index contributed by atoms with van der Waals surface area (Å²) in [6.45, 7) is 0. The maximum Gasteiger partial charge on any atom is 0.326 e. The second kappa shape index (κ2) is 12.2. The number of carboxylic acid groups (broad SMARTS) is 2. The van der Waals surface area contributed by atoms with E-state index in [0.29, 0.717) is 5.56 Å². The molecule has 0 bridgehead atoms. The molecule has 0 aliphatic heterocycles. The molecule has 0 saturated carbocycles. The highest BCUT2D eigenvalue weighted by atomic mass is 16.4. The molecular weight excluding hydrogens is 430 g/mol. The van der Waals surface area contributed by atoms with Crippen LogP contribution in [0.2, 0.25) is 0 Å². The van der Waals surface area contributed by atoms with E-state index in [1.807, 2.05) is 0 Å². The average Bonchev–Trinajstić information content (AvgIpc) is 2.77. The summed E-state index contributed by atoms with van der Waals surface area (Å²) in [6, 6.07) is 11.4. The van der Waals surface area contributed by atoms with E-state index in [9.17, 15) is 29.4 Å². The van der Waals surface area contributed by atoms with Gasteiger partial charge in [-0.2, -0.15) is 0 Å². The van der Waals surface area contributed by atoms with Crippen LogP contribution < -0.4 is 16.4 Å². The van der Waals surface area contributed by atoms with E-state index in [4.69, 9.17) is 10.8 Å². The van der Waals surface area contributed by atoms with Gasteiger partial charge in [0.2, 0.25) is 11.8 Å². The molecule has 0 saturated heterocycles. The number of carbonyl (C=O) groups is 4. The van der Waals surface area contributed by atoms with Gasteiger partial charge >= 0.3 is 11.9 Å². The van der Waals surface area contributed by atoms with E-state index < -0.39 is 48.3 Å². The fraction of sp³-hybridized carbons (Fsp3) is 0.304. The highest BCUT2D eigenvalue weighted by molar-refractivity contribution is 5.92. The average molecular weight is 457 g/mol. The molecule has 0 aliphatic rings. The third-order valence-electron chi connectivity index (χ3n) is 4.91. The number of phenolic OH excluding ortho intramolecular Hbond substituents is 1. The second-order valence-electron chi connectivity index (χ2n) is 7.56. The van der Waals surface area contributed by atoms with Crippen LogP contribution in [0.15, 0.2) is 54.6 Å². The topological polar surface area (TPSA) is 179 Å². The molecule has 176 valence electrons. The summed E-state index contributed by atoms with van der Waals surface area (Å²) in [4.78, 5) is 47.8. The van der Waals surface area contributed by atoms with E-state index in [0.717, 1.165) is 5.56 Å². The van der Waals surface area contributed by atoms with Crippen molar-refractivity contribution in [1.82, 2.24) is 10.6 Å². The van der Waals surface area contributed by atoms with Gasteiger partial charge in [-0.3, -0.25) is 14.4 Å². The molecule has 0 aliphatic carbocycles. The number of amides is 2. The molecule has 0 radical (unpaired) electrons. The number of carbonyl (C=O) groups excluding carboxylic acids is 2. The zero-order valence-electron chi connectivity index (χ0n) is 17.8. The first kappa shape index (κ1) is 25.3. The van der Waals surface area contributed by atoms with E-state index in [1.165, 1.54) is 12.1 Å². The second-order valence-corrected chi connectivity index (χ2v) is 7.56. The van der Waals surface area contributed by atoms with Crippen LogP contribution in [0, 0.1) is 0 Å². The van der Waals surface area contributed by atoms with Gasteiger partial charge in [0.15, 0.2) is 0 Å². The van der Waals surface area contributed by atoms with Crippen molar-refractivity contribution in [3.8, 4) is 5.75 Å². The van der Waals surface area contributed by atoms with Gasteiger partial charge in [0.25, 0.3) is 0 Å². The molecule has 0 unspecified atom stereocenters. The van der Waals surface area contributed by atoms with Gasteiger partial charge in [-0.05, 0) is 36.1 Å². The Labute approximate surface area is 190 Å². The number of hydrogen-bond donors (Lipinski definition) is 6. The fourth-order valence-corrected chi connectivity index (χ4v) is 3.11. The first-order valence-corrected chi connectivity index (χ1v) is 10.3. The summed E-state index contributed by atoms with van der Waals surface area (Å²) in [7, 11) is 0. The molecule has 2 aromatic carbocycles. The van der Waals surface area contributed by atoms with Gasteiger partial charge in [0.05, 0.1) is 6.04 Å². The summed E-state index contributed by atoms with van der Waals surface area (Å²) in [5.41, 5.74) is 7.43. The lowest BCUT2D eigenvalue weighted by Crippen LogP contribution is -2.55. The smallest absolute Gasteiger partial charge is 0.326 e. The van der Waals surface area contributed by atoms with Crippen LogP contribution in [0.25, 0.3) is 0 Å². The Kier molecular flexibility index (Phi) is 9.37. The van der Waals surface area contributed by atoms with Crippen LogP contribution in [0.3, 0.4) is 0 Å². The Hall–Kier alpha value is -3.92. The monoisotopic (exact) mass is 457 g/mol. The molecule has 0 heterocycles. The van der Waals surface area contributed by atoms with Crippen molar-refractivity contribution in [1.29, 1.82) is 0 Å². The molecule has 0 aromatic heterocycles. The molecule has 0 fully saturated rings. The van der Waals surface area contributed by atoms with E-state index in [-0.39, 0.29) is 25.0 Å². The Morgan fingerprint density at radius 1 is 0.788 bits per heavy atom. The zero-order valence-corrected chi connectivity index (χ0v) is 17.8. The highest BCUT2D eigenvalue weighted by Gasteiger charge is 2.28. The molecule has 3 atom stereocenters. The van der Waals surface area contributed by atoms with Crippen LogP contribution in [0.4, 0.5) is 0 Å². The third kappa shape index (κ3) is 8.62. The molecule has 2 aromatic rings. The third-order valence-corrected chi connectivity index (χ3v) is 4.91. The Bertz CT molecular complexity index is 964. The van der Waals surface area contributed by atoms with Gasteiger partial charge in [0, 0.05) is 12.8 Å². The van der Waals surface area contributed by atoms with Crippen molar-refractivity contribution in [3.63, 3.8) is 0 Å². The molecule has 33 heavy (non-hydrogen) atoms. The van der Waals surface area contributed by atoms with Crippen molar-refractivity contribution < 1.29 is 34.5 Å². The summed E-state index contributed by atoms with van der Waals surface area (Å²) in [5, 5.41) is 32.4. The number of rotatable bonds is 12. The van der Waals surface area contributed by atoms with Crippen LogP contribution in [0.1, 0.15) is 24.0 Å². The van der Waals surface area contributed by atoms with Crippen LogP contribution in [-0.2, 0) is 32.0 Å². The lowest BCUT2D eigenvalue weighted by molar-refractivity contribution is -0.143. The number of phenols is 1. The van der Waals surface area contributed by atoms with Gasteiger partial charge in [-0.1, -0.05) is 42.5 Å². The predicted molar refractivity (Wildman–Crippen MR) is 118 cm³/mol. The summed E-state index contributed by atoms with van der Waals surface area (Å²) >= 11 is 0. The van der Waals surface area contributed by atoms with E-state index >= 15 is 0 Å². The quantitative estimate of drug-likeness (QED) is 0.265. The summed E-state index contributed by atoms with van der Waals surface area (Å²) < 4.78 is 0. The van der Waals surface area contributed by atoms with Crippen molar-refractivity contribution in [2.45, 2.75) is 43.8 Å². The predicted octanol–water partition coefficient (Wildman–Crippen LogP) is 0.424. The largest absolute Gasteiger partial charge is 0.508 e. The van der Waals surface area contributed by atoms with E-state index in [2.05, 4.69) is 10.6 Å². The Morgan fingerprint density at radius 2 is 1.36 bits per heavy atom.